The van der Waals surface area contributed by atoms with Gasteiger partial charge >= 0.3 is 12.4 Å². The van der Waals surface area contributed by atoms with E-state index in [9.17, 15) is 22.8 Å². The van der Waals surface area contributed by atoms with Crippen LogP contribution in [-0.2, 0) is 6.54 Å². The number of nitrogens with zero attached hydrogens (tertiary/aromatic N) is 3. The van der Waals surface area contributed by atoms with Crippen LogP contribution in [0.25, 0.3) is 0 Å². The van der Waals surface area contributed by atoms with Crippen LogP contribution in [0.1, 0.15) is 73.7 Å². The Morgan fingerprint density at radius 3 is 2.12 bits per heavy atom. The van der Waals surface area contributed by atoms with Crippen LogP contribution in [0.5, 0.6) is 5.75 Å². The highest BCUT2D eigenvalue weighted by Gasteiger charge is 2.33. The third-order valence-electron chi connectivity index (χ3n) is 8.00. The van der Waals surface area contributed by atoms with Crippen molar-refractivity contribution in [1.29, 1.82) is 0 Å². The van der Waals surface area contributed by atoms with E-state index in [0.717, 1.165) is 49.3 Å². The molecule has 0 radical (unpaired) electrons. The van der Waals surface area contributed by atoms with Gasteiger partial charge in [0.1, 0.15) is 5.75 Å². The SMILES string of the molecule is NC(N=[NH2+])=NC(=O)c1ccc(CN(C(=O)Nc2ccc(OC(F)(F)F)cc2)C2CCC(C3CCCCC3)CC2)cc1. The fraction of sp³-hybridized carbons (Fsp3) is 0.483. The van der Waals surface area contributed by atoms with Gasteiger partial charge in [-0.1, -0.05) is 44.2 Å². The molecule has 0 bridgehead atoms. The second kappa shape index (κ2) is 13.6. The molecule has 0 saturated heterocycles. The number of nitrogens with one attached hydrogen (secondary N) is 1. The second-order valence-corrected chi connectivity index (χ2v) is 10.7. The molecule has 0 aliphatic heterocycles. The molecular formula is C29H36F3N6O3+. The van der Waals surface area contributed by atoms with Crippen molar-refractivity contribution in [3.63, 3.8) is 0 Å². The van der Waals surface area contributed by atoms with Gasteiger partial charge in [-0.3, -0.25) is 4.79 Å². The predicted molar refractivity (Wildman–Crippen MR) is 147 cm³/mol. The zero-order valence-corrected chi connectivity index (χ0v) is 22.8. The maximum Gasteiger partial charge on any atom is 0.573 e. The highest BCUT2D eigenvalue weighted by molar-refractivity contribution is 6.02. The molecule has 0 aromatic heterocycles. The molecule has 4 rings (SSSR count). The summed E-state index contributed by atoms with van der Waals surface area (Å²) in [6.45, 7) is 0.290. The molecule has 3 amide bonds. The summed E-state index contributed by atoms with van der Waals surface area (Å²) in [6.07, 6.45) is 5.55. The van der Waals surface area contributed by atoms with E-state index in [1.165, 1.54) is 44.2 Å². The zero-order valence-electron chi connectivity index (χ0n) is 22.8. The van der Waals surface area contributed by atoms with Gasteiger partial charge in [0, 0.05) is 29.0 Å². The number of halogens is 3. The van der Waals surface area contributed by atoms with Crippen molar-refractivity contribution in [2.75, 3.05) is 5.32 Å². The van der Waals surface area contributed by atoms with E-state index in [-0.39, 0.29) is 30.3 Å². The van der Waals surface area contributed by atoms with Crippen LogP contribution < -0.4 is 21.3 Å². The van der Waals surface area contributed by atoms with Crippen LogP contribution >= 0.6 is 0 Å². The van der Waals surface area contributed by atoms with Crippen molar-refractivity contribution in [2.24, 2.45) is 27.7 Å². The summed E-state index contributed by atoms with van der Waals surface area (Å²) in [7, 11) is 0. The third-order valence-corrected chi connectivity index (χ3v) is 8.00. The van der Waals surface area contributed by atoms with E-state index in [1.54, 1.807) is 29.2 Å². The van der Waals surface area contributed by atoms with Crippen molar-refractivity contribution >= 4 is 23.6 Å². The molecule has 41 heavy (non-hydrogen) atoms. The highest BCUT2D eigenvalue weighted by Crippen LogP contribution is 2.39. The number of carbonyl (C=O) groups is 2. The lowest BCUT2D eigenvalue weighted by Crippen LogP contribution is -2.44. The molecule has 2 aromatic carbocycles. The highest BCUT2D eigenvalue weighted by atomic mass is 19.4. The monoisotopic (exact) mass is 573 g/mol. The number of ether oxygens (including phenoxy) is 1. The quantitative estimate of drug-likeness (QED) is 0.231. The van der Waals surface area contributed by atoms with Crippen molar-refractivity contribution < 1.29 is 33.0 Å². The minimum atomic E-state index is -4.79. The van der Waals surface area contributed by atoms with E-state index in [1.807, 2.05) is 0 Å². The van der Waals surface area contributed by atoms with Gasteiger partial charge in [0.2, 0.25) is 0 Å². The first-order chi connectivity index (χ1) is 19.6. The first-order valence-corrected chi connectivity index (χ1v) is 13.9. The van der Waals surface area contributed by atoms with Gasteiger partial charge in [-0.25, -0.2) is 4.79 Å². The average molecular weight is 574 g/mol. The average Bonchev–Trinajstić information content (AvgIpc) is 2.97. The summed E-state index contributed by atoms with van der Waals surface area (Å²) in [5, 5.41) is 5.99. The van der Waals surface area contributed by atoms with Gasteiger partial charge in [-0.15, -0.1) is 18.7 Å². The van der Waals surface area contributed by atoms with Crippen molar-refractivity contribution in [3.8, 4) is 5.75 Å². The molecule has 2 saturated carbocycles. The van der Waals surface area contributed by atoms with Crippen molar-refractivity contribution in [3.05, 3.63) is 59.7 Å². The van der Waals surface area contributed by atoms with E-state index < -0.39 is 12.3 Å². The normalized spacial score (nSPS) is 20.2. The number of hydrogen-bond acceptors (Lipinski definition) is 3. The van der Waals surface area contributed by atoms with Crippen LogP contribution in [0.15, 0.2) is 58.6 Å². The van der Waals surface area contributed by atoms with Crippen LogP contribution in [-0.4, -0.2) is 35.2 Å². The minimum absolute atomic E-state index is 0.000417. The molecule has 9 nitrogen and oxygen atoms in total. The van der Waals surface area contributed by atoms with Crippen LogP contribution in [0.2, 0.25) is 0 Å². The summed E-state index contributed by atoms with van der Waals surface area (Å²) in [4.78, 5) is 31.1. The lowest BCUT2D eigenvalue weighted by Gasteiger charge is -2.40. The fourth-order valence-corrected chi connectivity index (χ4v) is 5.94. The molecule has 220 valence electrons. The number of carbonyl (C=O) groups excluding carboxylic acids is 2. The Morgan fingerprint density at radius 2 is 1.54 bits per heavy atom. The summed E-state index contributed by atoms with van der Waals surface area (Å²) in [6, 6.07) is 11.4. The van der Waals surface area contributed by atoms with Gasteiger partial charge in [-0.2, -0.15) is 4.99 Å². The smallest absolute Gasteiger partial charge is 0.406 e. The van der Waals surface area contributed by atoms with Crippen molar-refractivity contribution in [1.82, 2.24) is 4.90 Å². The number of nitrogens with two attached hydrogens (primary N) is 2. The minimum Gasteiger partial charge on any atom is -0.406 e. The molecule has 0 atom stereocenters. The maximum absolute atomic E-state index is 13.5. The number of hydrogen-bond donors (Lipinski definition) is 3. The van der Waals surface area contributed by atoms with E-state index in [4.69, 9.17) is 11.3 Å². The van der Waals surface area contributed by atoms with Gasteiger partial charge in [0.25, 0.3) is 11.9 Å². The number of benzene rings is 2. The largest absolute Gasteiger partial charge is 0.573 e. The Hall–Kier alpha value is -3.96. The first kappa shape index (κ1) is 30.0. The molecule has 0 unspecified atom stereocenters. The summed E-state index contributed by atoms with van der Waals surface area (Å²) in [5.41, 5.74) is 11.9. The molecule has 0 spiro atoms. The topological polar surface area (TPSA) is 135 Å². The Morgan fingerprint density at radius 1 is 0.927 bits per heavy atom. The van der Waals surface area contributed by atoms with Crippen LogP contribution in [0.4, 0.5) is 23.7 Å². The van der Waals surface area contributed by atoms with E-state index in [2.05, 4.69) is 20.2 Å². The maximum atomic E-state index is 13.5. The molecule has 12 heteroatoms. The summed E-state index contributed by atoms with van der Waals surface area (Å²) in [5.74, 6) is 0.157. The zero-order chi connectivity index (χ0) is 29.4. The van der Waals surface area contributed by atoms with Gasteiger partial charge in [0.05, 0.1) is 0 Å². The number of guanidine groups is 1. The Labute approximate surface area is 236 Å². The third kappa shape index (κ3) is 8.76. The summed E-state index contributed by atoms with van der Waals surface area (Å²) < 4.78 is 41.5. The first-order valence-electron chi connectivity index (χ1n) is 13.9. The lowest BCUT2D eigenvalue weighted by atomic mass is 9.72. The fourth-order valence-electron chi connectivity index (χ4n) is 5.94. The number of alkyl halides is 3. The van der Waals surface area contributed by atoms with E-state index in [0.29, 0.717) is 17.2 Å². The molecule has 0 heterocycles. The Balaban J connectivity index is 1.47. The van der Waals surface area contributed by atoms with Gasteiger partial charge < -0.3 is 20.7 Å². The number of urea groups is 1. The van der Waals surface area contributed by atoms with Gasteiger partial charge in [-0.05, 0) is 79.5 Å². The number of rotatable bonds is 7. The second-order valence-electron chi connectivity index (χ2n) is 10.7. The molecular weight excluding hydrogens is 537 g/mol. The predicted octanol–water partition coefficient (Wildman–Crippen LogP) is 5.42. The standard InChI is InChI=1S/C29H35F3N6O3/c30-29(31,32)41-25-16-12-23(13-17-25)35-28(40)38(24-14-10-21(11-15-24)20-4-2-1-3-5-20)18-19-6-8-22(9-7-19)26(39)36-27(33)37-34/h6-9,12-13,16-17,20-21,24,34H,1-5,10-11,14-15,18H2,(H,35,40)(H2,33,36,39)/p+1. The molecule has 2 aliphatic rings. The number of aliphatic imine (C=N–C) groups is 1. The van der Waals surface area contributed by atoms with E-state index >= 15 is 0 Å². The Kier molecular flexibility index (Phi) is 9.95. The number of amides is 3. The lowest BCUT2D eigenvalue weighted by molar-refractivity contribution is -0.274. The molecule has 2 aromatic rings. The molecule has 5 N–H and O–H groups in total. The Bertz CT molecular complexity index is 1220. The molecule has 2 fully saturated rings. The van der Waals surface area contributed by atoms with Gasteiger partial charge in [0.15, 0.2) is 0 Å². The van der Waals surface area contributed by atoms with Crippen molar-refractivity contribution in [2.45, 2.75) is 76.7 Å². The van der Waals surface area contributed by atoms with Crippen LogP contribution in [0, 0.1) is 11.8 Å². The summed E-state index contributed by atoms with van der Waals surface area (Å²) >= 11 is 0. The molecule has 2 aliphatic carbocycles. The number of anilines is 1. The van der Waals surface area contributed by atoms with Crippen LogP contribution in [0.3, 0.4) is 0 Å².